The van der Waals surface area contributed by atoms with Crippen LogP contribution >= 0.6 is 22.6 Å². The molecule has 0 aromatic rings. The van der Waals surface area contributed by atoms with Crippen molar-refractivity contribution in [1.82, 2.24) is 0 Å². The highest BCUT2D eigenvalue weighted by Gasteiger charge is 2.44. The smallest absolute Gasteiger partial charge is 0.377 e. The molecule has 0 N–H and O–H groups in total. The van der Waals surface area contributed by atoms with E-state index in [1.54, 1.807) is 0 Å². The molecule has 1 fully saturated rings. The quantitative estimate of drug-likeness (QED) is 0.529. The predicted molar refractivity (Wildman–Crippen MR) is 42.8 cm³/mol. The monoisotopic (exact) mass is 280 g/mol. The number of alkyl halides is 4. The molecule has 11 heavy (non-hydrogen) atoms. The van der Waals surface area contributed by atoms with Gasteiger partial charge in [-0.2, -0.15) is 13.2 Å². The summed E-state index contributed by atoms with van der Waals surface area (Å²) in [6.07, 6.45) is -4.13. The maximum Gasteiger partial charge on any atom is 0.394 e. The Morgan fingerprint density at radius 1 is 1.45 bits per heavy atom. The van der Waals surface area contributed by atoms with E-state index >= 15 is 0 Å². The van der Waals surface area contributed by atoms with Crippen molar-refractivity contribution in [2.24, 2.45) is 5.92 Å². The second-order valence-corrected chi connectivity index (χ2v) is 3.46. The van der Waals surface area contributed by atoms with Crippen LogP contribution in [0.5, 0.6) is 0 Å². The van der Waals surface area contributed by atoms with E-state index in [1.807, 2.05) is 22.6 Å². The lowest BCUT2D eigenvalue weighted by Crippen LogP contribution is -2.23. The molecule has 0 spiro atoms. The molecule has 0 saturated carbocycles. The number of hydrogen-bond donors (Lipinski definition) is 0. The van der Waals surface area contributed by atoms with Gasteiger partial charge in [-0.05, 0) is 6.42 Å². The Labute approximate surface area is 76.4 Å². The molecule has 1 aliphatic heterocycles. The van der Waals surface area contributed by atoms with Crippen molar-refractivity contribution >= 4 is 22.6 Å². The molecule has 0 aromatic carbocycles. The number of ether oxygens (including phenoxy) is 1. The van der Waals surface area contributed by atoms with Crippen LogP contribution in [-0.2, 0) is 4.74 Å². The minimum atomic E-state index is -4.07. The predicted octanol–water partition coefficient (Wildman–Crippen LogP) is 2.39. The first kappa shape index (κ1) is 9.57. The fraction of sp³-hybridized carbons (Fsp3) is 1.00. The van der Waals surface area contributed by atoms with Gasteiger partial charge in [0.05, 0.1) is 18.6 Å². The first-order valence-electron chi connectivity index (χ1n) is 3.28. The molecule has 1 saturated heterocycles. The Morgan fingerprint density at radius 2 is 2.09 bits per heavy atom. The zero-order valence-corrected chi connectivity index (χ0v) is 7.85. The molecule has 1 aliphatic rings. The highest BCUT2D eigenvalue weighted by atomic mass is 127. The molecule has 66 valence electrons. The van der Waals surface area contributed by atoms with Crippen LogP contribution in [-0.4, -0.2) is 23.3 Å². The van der Waals surface area contributed by atoms with Gasteiger partial charge in [-0.1, -0.05) is 22.6 Å². The van der Waals surface area contributed by atoms with Gasteiger partial charge in [-0.25, -0.2) is 0 Å². The summed E-state index contributed by atoms with van der Waals surface area (Å²) in [7, 11) is 0. The molecule has 0 bridgehead atoms. The standard InChI is InChI=1S/C6H8F3IO/c7-6(8,9)4-1-5(2-10)11-3-4/h4-5H,1-3H2/t4-,5+/m1/s1. The largest absolute Gasteiger partial charge is 0.394 e. The van der Waals surface area contributed by atoms with Gasteiger partial charge in [0.25, 0.3) is 0 Å². The molecular formula is C6H8F3IO. The van der Waals surface area contributed by atoms with E-state index < -0.39 is 12.1 Å². The fourth-order valence-corrected chi connectivity index (χ4v) is 1.66. The summed E-state index contributed by atoms with van der Waals surface area (Å²) in [5, 5.41) is 0. The second kappa shape index (κ2) is 3.47. The molecule has 1 heterocycles. The minimum absolute atomic E-state index is 0.131. The van der Waals surface area contributed by atoms with Gasteiger partial charge in [-0.3, -0.25) is 0 Å². The van der Waals surface area contributed by atoms with Gasteiger partial charge < -0.3 is 4.74 Å². The summed E-state index contributed by atoms with van der Waals surface area (Å²) >= 11 is 2.04. The summed E-state index contributed by atoms with van der Waals surface area (Å²) in [6, 6.07) is 0. The molecule has 0 amide bonds. The van der Waals surface area contributed by atoms with Crippen molar-refractivity contribution < 1.29 is 17.9 Å². The lowest BCUT2D eigenvalue weighted by molar-refractivity contribution is -0.173. The molecular weight excluding hydrogens is 272 g/mol. The zero-order valence-electron chi connectivity index (χ0n) is 5.70. The van der Waals surface area contributed by atoms with Crippen LogP contribution in [0.4, 0.5) is 13.2 Å². The number of hydrogen-bond acceptors (Lipinski definition) is 1. The van der Waals surface area contributed by atoms with Crippen molar-refractivity contribution in [1.29, 1.82) is 0 Å². The maximum absolute atomic E-state index is 12.0. The third-order valence-corrected chi connectivity index (χ3v) is 2.70. The Bertz CT molecular complexity index is 136. The average Bonchev–Trinajstić information content (AvgIpc) is 2.32. The van der Waals surface area contributed by atoms with Crippen LogP contribution in [0.25, 0.3) is 0 Å². The molecule has 2 atom stereocenters. The first-order valence-corrected chi connectivity index (χ1v) is 4.81. The van der Waals surface area contributed by atoms with Crippen molar-refractivity contribution in [2.75, 3.05) is 11.0 Å². The lowest BCUT2D eigenvalue weighted by Gasteiger charge is -2.11. The second-order valence-electron chi connectivity index (χ2n) is 2.58. The molecule has 0 radical (unpaired) electrons. The van der Waals surface area contributed by atoms with Gasteiger partial charge >= 0.3 is 6.18 Å². The van der Waals surface area contributed by atoms with Crippen LogP contribution in [0.1, 0.15) is 6.42 Å². The van der Waals surface area contributed by atoms with Crippen molar-refractivity contribution in [3.8, 4) is 0 Å². The van der Waals surface area contributed by atoms with Crippen LogP contribution < -0.4 is 0 Å². The Kier molecular flexibility index (Phi) is 3.02. The van der Waals surface area contributed by atoms with E-state index in [0.717, 1.165) is 0 Å². The lowest BCUT2D eigenvalue weighted by atomic mass is 10.1. The highest BCUT2D eigenvalue weighted by Crippen LogP contribution is 2.35. The van der Waals surface area contributed by atoms with E-state index in [4.69, 9.17) is 4.74 Å². The first-order chi connectivity index (χ1) is 5.04. The Balaban J connectivity index is 2.42. The summed E-state index contributed by atoms with van der Waals surface area (Å²) in [6.45, 7) is -0.156. The van der Waals surface area contributed by atoms with Crippen molar-refractivity contribution in [3.63, 3.8) is 0 Å². The highest BCUT2D eigenvalue weighted by molar-refractivity contribution is 14.1. The van der Waals surface area contributed by atoms with Crippen LogP contribution in [0.15, 0.2) is 0 Å². The molecule has 1 nitrogen and oxygen atoms in total. The topological polar surface area (TPSA) is 9.23 Å². The fourth-order valence-electron chi connectivity index (χ4n) is 1.04. The molecule has 0 aliphatic carbocycles. The maximum atomic E-state index is 12.0. The molecule has 0 unspecified atom stereocenters. The van der Waals surface area contributed by atoms with Crippen LogP contribution in [0.2, 0.25) is 0 Å². The molecule has 0 aromatic heterocycles. The normalized spacial score (nSPS) is 32.7. The summed E-state index contributed by atoms with van der Waals surface area (Å²) in [5.41, 5.74) is 0. The van der Waals surface area contributed by atoms with E-state index in [1.165, 1.54) is 0 Å². The zero-order chi connectivity index (χ0) is 8.48. The molecule has 5 heteroatoms. The van der Waals surface area contributed by atoms with E-state index in [2.05, 4.69) is 0 Å². The van der Waals surface area contributed by atoms with E-state index in [0.29, 0.717) is 4.43 Å². The number of rotatable bonds is 1. The minimum Gasteiger partial charge on any atom is -0.377 e. The third-order valence-electron chi connectivity index (χ3n) is 1.72. The van der Waals surface area contributed by atoms with Gasteiger partial charge in [-0.15, -0.1) is 0 Å². The summed E-state index contributed by atoms with van der Waals surface area (Å²) in [4.78, 5) is 0. The van der Waals surface area contributed by atoms with Crippen molar-refractivity contribution in [2.45, 2.75) is 18.7 Å². The van der Waals surface area contributed by atoms with Gasteiger partial charge in [0.15, 0.2) is 0 Å². The molecule has 1 rings (SSSR count). The van der Waals surface area contributed by atoms with Gasteiger partial charge in [0.1, 0.15) is 0 Å². The SMILES string of the molecule is FC(F)(F)[C@H]1CO[C@H](CI)C1. The van der Waals surface area contributed by atoms with Crippen LogP contribution in [0, 0.1) is 5.92 Å². The average molecular weight is 280 g/mol. The third kappa shape index (κ3) is 2.47. The van der Waals surface area contributed by atoms with Crippen LogP contribution in [0.3, 0.4) is 0 Å². The Morgan fingerprint density at radius 3 is 2.36 bits per heavy atom. The number of halogens is 4. The van der Waals surface area contributed by atoms with Crippen molar-refractivity contribution in [3.05, 3.63) is 0 Å². The van der Waals surface area contributed by atoms with E-state index in [9.17, 15) is 13.2 Å². The summed E-state index contributed by atoms with van der Waals surface area (Å²) < 4.78 is 41.5. The summed E-state index contributed by atoms with van der Waals surface area (Å²) in [5.74, 6) is -1.23. The van der Waals surface area contributed by atoms with E-state index in [-0.39, 0.29) is 19.1 Å². The van der Waals surface area contributed by atoms with Gasteiger partial charge in [0.2, 0.25) is 0 Å². The van der Waals surface area contributed by atoms with Gasteiger partial charge in [0, 0.05) is 4.43 Å². The Hall–Kier alpha value is 0.480.